The van der Waals surface area contributed by atoms with Crippen molar-refractivity contribution in [3.8, 4) is 44.5 Å². The fraction of sp³-hybridized carbons (Fsp3) is 0. The average molecular weight is 806 g/mol. The zero-order valence-corrected chi connectivity index (χ0v) is 34.7. The van der Waals surface area contributed by atoms with Gasteiger partial charge in [0.1, 0.15) is 0 Å². The van der Waals surface area contributed by atoms with Crippen LogP contribution in [0.4, 0.5) is 17.1 Å². The van der Waals surface area contributed by atoms with E-state index in [1.54, 1.807) is 0 Å². The second kappa shape index (κ2) is 15.0. The van der Waals surface area contributed by atoms with Gasteiger partial charge in [-0.15, -0.1) is 11.3 Å². The molecule has 12 rings (SSSR count). The van der Waals surface area contributed by atoms with Gasteiger partial charge in [0.15, 0.2) is 0 Å². The van der Waals surface area contributed by atoms with Gasteiger partial charge in [0.25, 0.3) is 0 Å². The third-order valence-electron chi connectivity index (χ3n) is 12.4. The number of hydrogen-bond acceptors (Lipinski definition) is 2. The minimum Gasteiger partial charge on any atom is -0.310 e. The van der Waals surface area contributed by atoms with Crippen LogP contribution in [-0.2, 0) is 0 Å². The molecule has 0 N–H and O–H groups in total. The van der Waals surface area contributed by atoms with Gasteiger partial charge in [-0.25, -0.2) is 0 Å². The van der Waals surface area contributed by atoms with Gasteiger partial charge in [0, 0.05) is 36.9 Å². The van der Waals surface area contributed by atoms with E-state index in [2.05, 4.69) is 241 Å². The smallest absolute Gasteiger partial charge is 0.0540 e. The second-order valence-corrected chi connectivity index (χ2v) is 17.0. The molecule has 0 aliphatic rings. The Morgan fingerprint density at radius 2 is 0.806 bits per heavy atom. The van der Waals surface area contributed by atoms with E-state index in [4.69, 9.17) is 0 Å². The molecule has 62 heavy (non-hydrogen) atoms. The van der Waals surface area contributed by atoms with Gasteiger partial charge in [-0.3, -0.25) is 0 Å². The van der Waals surface area contributed by atoms with Crippen LogP contribution in [0.5, 0.6) is 0 Å². The highest BCUT2D eigenvalue weighted by Crippen LogP contribution is 2.49. The molecule has 0 saturated heterocycles. The molecule has 1 nitrogen and oxygen atoms in total. The van der Waals surface area contributed by atoms with E-state index < -0.39 is 0 Å². The predicted molar refractivity (Wildman–Crippen MR) is 268 cm³/mol. The largest absolute Gasteiger partial charge is 0.310 e. The zero-order valence-electron chi connectivity index (χ0n) is 33.9. The summed E-state index contributed by atoms with van der Waals surface area (Å²) < 4.78 is 2.62. The Kier molecular flexibility index (Phi) is 8.76. The normalized spacial score (nSPS) is 11.5. The SMILES string of the molecule is c1ccc(-c2ccc(N(c3cccc(-c4cccc5c4sc4ccccc45)c3)c3ccc4c(c3)c(-c3ccccc3)c(-c3ccccc3)c3ccccc34)c3ccccc23)cc1. The first kappa shape index (κ1) is 36.1. The number of benzene rings is 11. The van der Waals surface area contributed by atoms with Gasteiger partial charge in [0.2, 0.25) is 0 Å². The predicted octanol–water partition coefficient (Wildman–Crippen LogP) is 17.7. The van der Waals surface area contributed by atoms with Crippen molar-refractivity contribution in [3.63, 3.8) is 0 Å². The minimum atomic E-state index is 1.10. The Balaban J connectivity index is 1.15. The van der Waals surface area contributed by atoms with Crippen LogP contribution in [-0.4, -0.2) is 0 Å². The lowest BCUT2D eigenvalue weighted by atomic mass is 9.85. The third kappa shape index (κ3) is 5.99. The maximum atomic E-state index is 2.48. The third-order valence-corrected chi connectivity index (χ3v) is 13.7. The standard InChI is InChI=1S/C60H39NS/c1-4-18-40(19-5-1)46-36-37-56(51-28-12-10-26-48(46)51)61(44-25-16-24-43(38-44)47-31-17-32-54-52-29-14-15-33-57(52)62-60(47)54)45-34-35-50-49-27-11-13-30-53(49)58(41-20-6-2-7-21-41)59(55(50)39-45)42-22-8-3-9-23-42/h1-39H. The van der Waals surface area contributed by atoms with E-state index in [9.17, 15) is 0 Å². The van der Waals surface area contributed by atoms with Crippen LogP contribution >= 0.6 is 11.3 Å². The molecular formula is C60H39NS. The Morgan fingerprint density at radius 1 is 0.274 bits per heavy atom. The monoisotopic (exact) mass is 805 g/mol. The topological polar surface area (TPSA) is 3.24 Å². The van der Waals surface area contributed by atoms with Crippen molar-refractivity contribution < 1.29 is 0 Å². The average Bonchev–Trinajstić information content (AvgIpc) is 3.74. The van der Waals surface area contributed by atoms with Crippen LogP contribution in [0.25, 0.3) is 97.0 Å². The second-order valence-electron chi connectivity index (χ2n) is 16.0. The molecular weight excluding hydrogens is 767 g/mol. The summed E-state index contributed by atoms with van der Waals surface area (Å²) in [7, 11) is 0. The quantitative estimate of drug-likeness (QED) is 0.145. The molecule has 11 aromatic carbocycles. The molecule has 0 aliphatic carbocycles. The van der Waals surface area contributed by atoms with Crippen molar-refractivity contribution >= 4 is 80.9 Å². The summed E-state index contributed by atoms with van der Waals surface area (Å²) in [5.74, 6) is 0. The van der Waals surface area contributed by atoms with Crippen LogP contribution in [0.15, 0.2) is 237 Å². The van der Waals surface area contributed by atoms with E-state index in [1.807, 2.05) is 11.3 Å². The summed E-state index contributed by atoms with van der Waals surface area (Å²) in [6.07, 6.45) is 0. The van der Waals surface area contributed by atoms with Gasteiger partial charge in [-0.2, -0.15) is 0 Å². The Labute approximate surface area is 365 Å². The van der Waals surface area contributed by atoms with Crippen molar-refractivity contribution in [2.24, 2.45) is 0 Å². The highest BCUT2D eigenvalue weighted by atomic mass is 32.1. The molecule has 0 bridgehead atoms. The molecule has 0 amide bonds. The summed E-state index contributed by atoms with van der Waals surface area (Å²) in [6, 6.07) is 86.8. The lowest BCUT2D eigenvalue weighted by Gasteiger charge is -2.29. The number of hydrogen-bond donors (Lipinski definition) is 0. The molecule has 0 saturated carbocycles. The molecule has 0 radical (unpaired) electrons. The van der Waals surface area contributed by atoms with Crippen LogP contribution in [0, 0.1) is 0 Å². The Bertz CT molecular complexity index is 3630. The molecule has 12 aromatic rings. The van der Waals surface area contributed by atoms with Crippen molar-refractivity contribution in [1.82, 2.24) is 0 Å². The van der Waals surface area contributed by atoms with Gasteiger partial charge in [-0.1, -0.05) is 200 Å². The molecule has 0 atom stereocenters. The lowest BCUT2D eigenvalue weighted by Crippen LogP contribution is -2.11. The molecule has 0 unspecified atom stereocenters. The summed E-state index contributed by atoms with van der Waals surface area (Å²) in [5, 5.41) is 9.97. The number of nitrogens with zero attached hydrogens (tertiary/aromatic N) is 1. The van der Waals surface area contributed by atoms with Gasteiger partial charge < -0.3 is 4.90 Å². The number of thiophene rings is 1. The van der Waals surface area contributed by atoms with E-state index in [0.717, 1.165) is 17.1 Å². The number of anilines is 3. The van der Waals surface area contributed by atoms with Crippen molar-refractivity contribution in [3.05, 3.63) is 237 Å². The van der Waals surface area contributed by atoms with Crippen LogP contribution in [0.2, 0.25) is 0 Å². The highest BCUT2D eigenvalue weighted by Gasteiger charge is 2.22. The molecule has 0 spiro atoms. The van der Waals surface area contributed by atoms with Crippen LogP contribution in [0.1, 0.15) is 0 Å². The van der Waals surface area contributed by atoms with Gasteiger partial charge in [-0.05, 0) is 108 Å². The minimum absolute atomic E-state index is 1.10. The Hall–Kier alpha value is -7.78. The van der Waals surface area contributed by atoms with E-state index in [0.29, 0.717) is 0 Å². The molecule has 0 aliphatic heterocycles. The molecule has 1 aromatic heterocycles. The van der Waals surface area contributed by atoms with Crippen LogP contribution < -0.4 is 4.90 Å². The maximum absolute atomic E-state index is 2.48. The first-order chi connectivity index (χ1) is 30.8. The molecule has 0 fully saturated rings. The number of fused-ring (bicyclic) bond motifs is 7. The van der Waals surface area contributed by atoms with Crippen molar-refractivity contribution in [2.75, 3.05) is 4.90 Å². The summed E-state index contributed by atoms with van der Waals surface area (Å²) >= 11 is 1.88. The van der Waals surface area contributed by atoms with Crippen molar-refractivity contribution in [2.45, 2.75) is 0 Å². The summed E-state index contributed by atoms with van der Waals surface area (Å²) in [4.78, 5) is 2.48. The fourth-order valence-corrected chi connectivity index (χ4v) is 10.9. The highest BCUT2D eigenvalue weighted by molar-refractivity contribution is 7.26. The van der Waals surface area contributed by atoms with E-state index in [-0.39, 0.29) is 0 Å². The number of rotatable bonds is 7. The van der Waals surface area contributed by atoms with E-state index >= 15 is 0 Å². The first-order valence-electron chi connectivity index (χ1n) is 21.3. The maximum Gasteiger partial charge on any atom is 0.0540 e. The van der Waals surface area contributed by atoms with Crippen LogP contribution in [0.3, 0.4) is 0 Å². The zero-order chi connectivity index (χ0) is 41.0. The molecule has 1 heterocycles. The van der Waals surface area contributed by atoms with Crippen molar-refractivity contribution in [1.29, 1.82) is 0 Å². The fourth-order valence-electron chi connectivity index (χ4n) is 9.69. The summed E-state index contributed by atoms with van der Waals surface area (Å²) in [5.41, 5.74) is 13.1. The van der Waals surface area contributed by atoms with Gasteiger partial charge in [0.05, 0.1) is 5.69 Å². The Morgan fingerprint density at radius 3 is 1.55 bits per heavy atom. The van der Waals surface area contributed by atoms with E-state index in [1.165, 1.54) is 97.0 Å². The first-order valence-corrected chi connectivity index (χ1v) is 22.1. The summed E-state index contributed by atoms with van der Waals surface area (Å²) in [6.45, 7) is 0. The molecule has 2 heteroatoms. The lowest BCUT2D eigenvalue weighted by molar-refractivity contribution is 1.30. The van der Waals surface area contributed by atoms with Gasteiger partial charge >= 0.3 is 0 Å². The molecule has 290 valence electrons.